The SMILES string of the molecule is C[C@@H]1CN(C)CCN1C(=O)c1ccc(Cl)c(S(C)(=O)=O)c1. The molecule has 1 aliphatic heterocycles. The van der Waals surface area contributed by atoms with E-state index in [1.807, 2.05) is 14.0 Å². The van der Waals surface area contributed by atoms with Crippen molar-refractivity contribution in [2.75, 3.05) is 32.9 Å². The first-order valence-corrected chi connectivity index (χ1v) is 8.96. The van der Waals surface area contributed by atoms with Crippen LogP contribution >= 0.6 is 11.6 Å². The van der Waals surface area contributed by atoms with E-state index >= 15 is 0 Å². The molecule has 0 bridgehead atoms. The van der Waals surface area contributed by atoms with E-state index in [9.17, 15) is 13.2 Å². The average molecular weight is 331 g/mol. The number of carbonyl (C=O) groups excluding carboxylic acids is 1. The number of piperazine rings is 1. The fourth-order valence-electron chi connectivity index (χ4n) is 2.53. The first kappa shape index (κ1) is 16.3. The molecule has 1 aromatic rings. The fraction of sp³-hybridized carbons (Fsp3) is 0.500. The quantitative estimate of drug-likeness (QED) is 0.825. The Balaban J connectivity index is 2.32. The zero-order chi connectivity index (χ0) is 15.8. The van der Waals surface area contributed by atoms with Crippen LogP contribution in [0, 0.1) is 0 Å². The van der Waals surface area contributed by atoms with Crippen molar-refractivity contribution in [1.82, 2.24) is 9.80 Å². The molecule has 1 fully saturated rings. The van der Waals surface area contributed by atoms with Gasteiger partial charge in [-0.15, -0.1) is 0 Å². The minimum atomic E-state index is -3.45. The van der Waals surface area contributed by atoms with Gasteiger partial charge in [-0.05, 0) is 32.2 Å². The van der Waals surface area contributed by atoms with Crippen molar-refractivity contribution in [2.24, 2.45) is 0 Å². The lowest BCUT2D eigenvalue weighted by Gasteiger charge is -2.38. The van der Waals surface area contributed by atoms with Crippen molar-refractivity contribution in [3.8, 4) is 0 Å². The van der Waals surface area contributed by atoms with E-state index in [4.69, 9.17) is 11.6 Å². The van der Waals surface area contributed by atoms with E-state index < -0.39 is 9.84 Å². The second-order valence-corrected chi connectivity index (χ2v) is 7.92. The van der Waals surface area contributed by atoms with Crippen molar-refractivity contribution in [1.29, 1.82) is 0 Å². The molecule has 21 heavy (non-hydrogen) atoms. The Morgan fingerprint density at radius 3 is 2.57 bits per heavy atom. The number of carbonyl (C=O) groups is 1. The molecule has 0 aliphatic carbocycles. The highest BCUT2D eigenvalue weighted by Crippen LogP contribution is 2.24. The molecule has 1 aliphatic rings. The maximum absolute atomic E-state index is 12.6. The van der Waals surface area contributed by atoms with Crippen LogP contribution in [-0.4, -0.2) is 63.1 Å². The van der Waals surface area contributed by atoms with Gasteiger partial charge < -0.3 is 9.80 Å². The number of hydrogen-bond donors (Lipinski definition) is 0. The first-order chi connectivity index (χ1) is 9.70. The van der Waals surface area contributed by atoms with E-state index in [1.165, 1.54) is 12.1 Å². The number of likely N-dealkylation sites (N-methyl/N-ethyl adjacent to an activating group) is 1. The number of amides is 1. The van der Waals surface area contributed by atoms with Crippen LogP contribution in [-0.2, 0) is 9.84 Å². The fourth-order valence-corrected chi connectivity index (χ4v) is 3.83. The molecule has 1 aromatic carbocycles. The molecule has 0 unspecified atom stereocenters. The van der Waals surface area contributed by atoms with E-state index in [0.29, 0.717) is 12.1 Å². The van der Waals surface area contributed by atoms with E-state index in [1.54, 1.807) is 11.0 Å². The normalized spacial score (nSPS) is 20.6. The largest absolute Gasteiger partial charge is 0.333 e. The zero-order valence-corrected chi connectivity index (χ0v) is 13.9. The molecular weight excluding hydrogens is 312 g/mol. The van der Waals surface area contributed by atoms with Crippen molar-refractivity contribution in [3.05, 3.63) is 28.8 Å². The maximum Gasteiger partial charge on any atom is 0.254 e. The summed E-state index contributed by atoms with van der Waals surface area (Å²) in [7, 11) is -1.44. The lowest BCUT2D eigenvalue weighted by Crippen LogP contribution is -2.52. The lowest BCUT2D eigenvalue weighted by atomic mass is 10.1. The number of hydrogen-bond acceptors (Lipinski definition) is 4. The number of nitrogens with zero attached hydrogens (tertiary/aromatic N) is 2. The highest BCUT2D eigenvalue weighted by Gasteiger charge is 2.27. The van der Waals surface area contributed by atoms with Gasteiger partial charge in [0, 0.05) is 37.5 Å². The number of halogens is 1. The molecule has 0 aromatic heterocycles. The number of benzene rings is 1. The molecular formula is C14H19ClN2O3S. The highest BCUT2D eigenvalue weighted by molar-refractivity contribution is 7.90. The van der Waals surface area contributed by atoms with Crippen LogP contribution in [0.5, 0.6) is 0 Å². The third kappa shape index (κ3) is 3.56. The summed E-state index contributed by atoms with van der Waals surface area (Å²) in [6.07, 6.45) is 1.08. The van der Waals surface area contributed by atoms with E-state index in [2.05, 4.69) is 4.90 Å². The molecule has 1 saturated heterocycles. The van der Waals surface area contributed by atoms with Crippen molar-refractivity contribution >= 4 is 27.3 Å². The van der Waals surface area contributed by atoms with Crippen LogP contribution in [0.3, 0.4) is 0 Å². The minimum absolute atomic E-state index is 0.00297. The minimum Gasteiger partial charge on any atom is -0.333 e. The maximum atomic E-state index is 12.6. The summed E-state index contributed by atoms with van der Waals surface area (Å²) in [6.45, 7) is 4.23. The predicted molar refractivity (Wildman–Crippen MR) is 82.6 cm³/mol. The molecule has 1 atom stereocenters. The Kier molecular flexibility index (Phi) is 4.60. The first-order valence-electron chi connectivity index (χ1n) is 6.69. The second kappa shape index (κ2) is 5.94. The molecule has 0 spiro atoms. The summed E-state index contributed by atoms with van der Waals surface area (Å²) in [4.78, 5) is 16.5. The molecule has 0 N–H and O–H groups in total. The lowest BCUT2D eigenvalue weighted by molar-refractivity contribution is 0.0533. The molecule has 0 saturated carbocycles. The van der Waals surface area contributed by atoms with Gasteiger partial charge in [-0.2, -0.15) is 0 Å². The van der Waals surface area contributed by atoms with Gasteiger partial charge in [0.2, 0.25) is 0 Å². The number of rotatable bonds is 2. The van der Waals surface area contributed by atoms with E-state index in [-0.39, 0.29) is 21.9 Å². The third-order valence-electron chi connectivity index (χ3n) is 3.67. The van der Waals surface area contributed by atoms with Gasteiger partial charge in [-0.1, -0.05) is 11.6 Å². The molecule has 2 rings (SSSR count). The van der Waals surface area contributed by atoms with Gasteiger partial charge in [0.1, 0.15) is 0 Å². The van der Waals surface area contributed by atoms with Crippen molar-refractivity contribution in [3.63, 3.8) is 0 Å². The summed E-state index contributed by atoms with van der Waals surface area (Å²) in [6, 6.07) is 4.50. The standard InChI is InChI=1S/C14H19ClN2O3S/c1-10-9-16(2)6-7-17(10)14(18)11-4-5-12(15)13(8-11)21(3,19)20/h4-5,8,10H,6-7,9H2,1-3H3/t10-/m1/s1. The van der Waals surface area contributed by atoms with Gasteiger partial charge in [0.25, 0.3) is 5.91 Å². The molecule has 7 heteroatoms. The van der Waals surface area contributed by atoms with Crippen molar-refractivity contribution in [2.45, 2.75) is 17.9 Å². The Bertz CT molecular complexity index is 660. The smallest absolute Gasteiger partial charge is 0.254 e. The Morgan fingerprint density at radius 2 is 2.00 bits per heavy atom. The molecule has 1 amide bonds. The molecule has 5 nitrogen and oxygen atoms in total. The molecule has 0 radical (unpaired) electrons. The second-order valence-electron chi connectivity index (χ2n) is 5.53. The Labute approximate surface area is 130 Å². The monoisotopic (exact) mass is 330 g/mol. The van der Waals surface area contributed by atoms with Crippen LogP contribution in [0.25, 0.3) is 0 Å². The molecule has 1 heterocycles. The van der Waals surface area contributed by atoms with Crippen LogP contribution in [0.4, 0.5) is 0 Å². The Hall–Kier alpha value is -1.11. The highest BCUT2D eigenvalue weighted by atomic mass is 35.5. The van der Waals surface area contributed by atoms with Crippen LogP contribution < -0.4 is 0 Å². The van der Waals surface area contributed by atoms with Gasteiger partial charge in [0.05, 0.1) is 9.92 Å². The topological polar surface area (TPSA) is 57.7 Å². The summed E-state index contributed by atoms with van der Waals surface area (Å²) in [5.74, 6) is -0.155. The van der Waals surface area contributed by atoms with Crippen LogP contribution in [0.15, 0.2) is 23.1 Å². The summed E-state index contributed by atoms with van der Waals surface area (Å²) >= 11 is 5.91. The van der Waals surface area contributed by atoms with Gasteiger partial charge in [-0.3, -0.25) is 4.79 Å². The van der Waals surface area contributed by atoms with Crippen LogP contribution in [0.1, 0.15) is 17.3 Å². The summed E-state index contributed by atoms with van der Waals surface area (Å²) < 4.78 is 23.4. The summed E-state index contributed by atoms with van der Waals surface area (Å²) in [5, 5.41) is 0.139. The van der Waals surface area contributed by atoms with Crippen LogP contribution in [0.2, 0.25) is 5.02 Å². The third-order valence-corrected chi connectivity index (χ3v) is 5.25. The Morgan fingerprint density at radius 1 is 1.33 bits per heavy atom. The average Bonchev–Trinajstić information content (AvgIpc) is 2.37. The predicted octanol–water partition coefficient (Wildman–Crippen LogP) is 1.52. The van der Waals surface area contributed by atoms with E-state index in [0.717, 1.165) is 19.3 Å². The van der Waals surface area contributed by atoms with Gasteiger partial charge in [0.15, 0.2) is 9.84 Å². The van der Waals surface area contributed by atoms with Gasteiger partial charge >= 0.3 is 0 Å². The summed E-state index contributed by atoms with van der Waals surface area (Å²) in [5.41, 5.74) is 0.358. The zero-order valence-electron chi connectivity index (χ0n) is 12.3. The van der Waals surface area contributed by atoms with Gasteiger partial charge in [-0.25, -0.2) is 8.42 Å². The number of sulfone groups is 1. The molecule has 116 valence electrons. The van der Waals surface area contributed by atoms with Crippen molar-refractivity contribution < 1.29 is 13.2 Å².